The lowest BCUT2D eigenvalue weighted by Crippen LogP contribution is -2.35. The Hall–Kier alpha value is -11.0. The largest absolute Gasteiger partial charge is 0.479 e. The lowest BCUT2D eigenvalue weighted by Gasteiger charge is -2.28. The molecule has 0 atom stereocenters. The van der Waals surface area contributed by atoms with Crippen LogP contribution in [0.3, 0.4) is 0 Å². The lowest BCUT2D eigenvalue weighted by molar-refractivity contribution is -0.146. The number of aliphatic carboxylic acids is 1. The van der Waals surface area contributed by atoms with Crippen molar-refractivity contribution in [3.63, 3.8) is 0 Å². The van der Waals surface area contributed by atoms with E-state index in [4.69, 9.17) is 14.2 Å². The van der Waals surface area contributed by atoms with E-state index in [2.05, 4.69) is 119 Å². The molecule has 5 N–H and O–H groups in total. The SMILES string of the molecule is COCC(C)(C)c1c(-c2cnn(C(C)(C)C(=O)O)c2)c2cc3[nH]ncc3cc2n1-c1ccc(F)cc1.COCC(C)(C)c1c(-c2cnn(CCO)c2)c2cc3[nH]ncc3cc2n1-c1ccc(F)cc1.COCC(C)(C)c1c(-c2cnn(CS(C)(=O)=O)c2)c2cc3[nH]ncc3cc2n1-c1ccc(F)cc1. The molecule has 6 aromatic carbocycles. The first-order valence-corrected chi connectivity index (χ1v) is 35.5. The van der Waals surface area contributed by atoms with Crippen molar-refractivity contribution in [2.45, 2.75) is 89.6 Å². The van der Waals surface area contributed by atoms with Gasteiger partial charge in [-0.3, -0.25) is 29.3 Å². The van der Waals surface area contributed by atoms with Crippen molar-refractivity contribution in [1.82, 2.24) is 73.6 Å². The van der Waals surface area contributed by atoms with Crippen LogP contribution in [0.5, 0.6) is 0 Å². The van der Waals surface area contributed by atoms with E-state index in [1.165, 1.54) is 52.0 Å². The van der Waals surface area contributed by atoms with Crippen molar-refractivity contribution in [3.05, 3.63) is 199 Å². The number of rotatable bonds is 21. The Balaban J connectivity index is 0.000000139. The fourth-order valence-corrected chi connectivity index (χ4v) is 14.8. The van der Waals surface area contributed by atoms with Crippen molar-refractivity contribution < 1.29 is 50.8 Å². The molecule has 0 aliphatic rings. The van der Waals surface area contributed by atoms with Crippen molar-refractivity contribution in [2.75, 3.05) is 54.0 Å². The van der Waals surface area contributed by atoms with Crippen LogP contribution in [-0.4, -0.2) is 152 Å². The Labute approximate surface area is 596 Å². The van der Waals surface area contributed by atoms with E-state index in [1.807, 2.05) is 30.6 Å². The molecule has 0 saturated heterocycles. The average Bonchev–Trinajstić information content (AvgIpc) is 1.57. The van der Waals surface area contributed by atoms with Crippen LogP contribution in [0.2, 0.25) is 0 Å². The maximum absolute atomic E-state index is 13.9. The van der Waals surface area contributed by atoms with Gasteiger partial charge in [0.15, 0.2) is 15.4 Å². The number of hydrogen-bond acceptors (Lipinski definition) is 13. The monoisotopic (exact) mass is 1430 g/mol. The Morgan fingerprint density at radius 1 is 0.481 bits per heavy atom. The summed E-state index contributed by atoms with van der Waals surface area (Å²) in [5.74, 6) is -2.11. The Morgan fingerprint density at radius 3 is 1.13 bits per heavy atom. The first kappa shape index (κ1) is 71.4. The minimum absolute atomic E-state index is 0.00918. The maximum atomic E-state index is 13.9. The molecule has 0 bridgehead atoms. The molecular weight excluding hydrogens is 1350 g/mol. The van der Waals surface area contributed by atoms with Crippen molar-refractivity contribution in [2.24, 2.45) is 0 Å². The summed E-state index contributed by atoms with van der Waals surface area (Å²) in [6.07, 6.45) is 17.2. The number of aliphatic hydroxyl groups is 1. The number of aromatic nitrogens is 15. The van der Waals surface area contributed by atoms with E-state index < -0.39 is 32.2 Å². The second-order valence-electron chi connectivity index (χ2n) is 28.6. The molecule has 104 heavy (non-hydrogen) atoms. The second kappa shape index (κ2) is 27.7. The first-order valence-electron chi connectivity index (χ1n) is 33.5. The quantitative estimate of drug-likeness (QED) is 0.0448. The number of methoxy groups -OCH3 is 3. The molecule has 538 valence electrons. The predicted molar refractivity (Wildman–Crippen MR) is 396 cm³/mol. The number of H-pyrrole nitrogens is 3. The maximum Gasteiger partial charge on any atom is 0.331 e. The molecule has 15 aromatic rings. The molecule has 0 aliphatic carbocycles. The van der Waals surface area contributed by atoms with Gasteiger partial charge in [0.25, 0.3) is 0 Å². The molecule has 15 rings (SSSR count). The molecular formula is C77H80F3N15O8S. The number of nitrogens with one attached hydrogen (secondary N) is 3. The summed E-state index contributed by atoms with van der Waals surface area (Å²) in [5, 5.41) is 59.8. The average molecular weight is 1430 g/mol. The Bertz CT molecular complexity index is 5790. The summed E-state index contributed by atoms with van der Waals surface area (Å²) in [4.78, 5) is 11.9. The molecule has 0 amide bonds. The minimum atomic E-state index is -3.27. The summed E-state index contributed by atoms with van der Waals surface area (Å²) < 4.78 is 93.2. The third-order valence-corrected chi connectivity index (χ3v) is 19.5. The molecule has 0 radical (unpaired) electrons. The zero-order valence-corrected chi connectivity index (χ0v) is 60.4. The van der Waals surface area contributed by atoms with E-state index in [9.17, 15) is 36.6 Å². The molecule has 0 unspecified atom stereocenters. The molecule has 0 aliphatic heterocycles. The van der Waals surface area contributed by atoms with Gasteiger partial charge in [-0.05, 0) is 123 Å². The van der Waals surface area contributed by atoms with Crippen LogP contribution in [0.4, 0.5) is 13.2 Å². The van der Waals surface area contributed by atoms with Crippen LogP contribution < -0.4 is 0 Å². The second-order valence-corrected chi connectivity index (χ2v) is 30.7. The number of nitrogens with zero attached hydrogens (tertiary/aromatic N) is 12. The fraction of sp³-hybridized carbons (Fsp3) is 0.286. The highest BCUT2D eigenvalue weighted by Crippen LogP contribution is 2.48. The summed E-state index contributed by atoms with van der Waals surface area (Å²) >= 11 is 0. The van der Waals surface area contributed by atoms with Crippen molar-refractivity contribution in [1.29, 1.82) is 0 Å². The van der Waals surface area contributed by atoms with Crippen LogP contribution in [-0.2, 0) is 63.0 Å². The van der Waals surface area contributed by atoms with Gasteiger partial charge >= 0.3 is 5.97 Å². The minimum Gasteiger partial charge on any atom is -0.479 e. The van der Waals surface area contributed by atoms with Gasteiger partial charge in [-0.2, -0.15) is 30.6 Å². The number of halogens is 3. The molecule has 9 aromatic heterocycles. The standard InChI is InChI=1S/C27H28FN5O3.C25H26FN5O3S.C25H26FN5O2/c1-26(2,15-36-5)24-23(17-13-30-32(14-17)27(3,4)25(34)35)20-11-21-16(12-29-31-21)10-22(20)33(24)19-8-6-18(28)7-9-19;1-25(2,14-34-3)24-23(17-12-28-30(13-17)15-35(4,32)33)20-10-21-16(11-27-29-21)9-22(20)31(24)19-7-5-18(26)6-8-19;1-25(2,15-33-3)24-23(17-13-28-30(14-17)8-9-32)20-11-21-16(12-27-29-21)10-22(20)31(24)19-6-4-18(26)5-7-19/h6-14H,15H2,1-5H3,(H,29,31)(H,34,35);5-13H,14-15H2,1-4H3,(H,27,29);4-7,10-14,32H,8-9,15H2,1-3H3,(H,27,29). The van der Waals surface area contributed by atoms with Crippen LogP contribution in [0.15, 0.2) is 165 Å². The van der Waals surface area contributed by atoms with E-state index in [0.717, 1.165) is 133 Å². The third-order valence-electron chi connectivity index (χ3n) is 18.8. The number of benzene rings is 6. The number of hydrogen-bond donors (Lipinski definition) is 5. The number of sulfone groups is 1. The number of aromatic amines is 3. The number of carboxylic acid groups (broad SMARTS) is 1. The van der Waals surface area contributed by atoms with E-state index in [-0.39, 0.29) is 35.4 Å². The molecule has 27 heteroatoms. The summed E-state index contributed by atoms with van der Waals surface area (Å²) in [7, 11) is 1.74. The van der Waals surface area contributed by atoms with Gasteiger partial charge in [0, 0.05) is 162 Å². The number of aliphatic hydroxyl groups excluding tert-OH is 1. The molecule has 0 fully saturated rings. The number of ether oxygens (including phenoxy) is 3. The molecule has 9 heterocycles. The van der Waals surface area contributed by atoms with Crippen molar-refractivity contribution >= 4 is 81.2 Å². The van der Waals surface area contributed by atoms with E-state index >= 15 is 0 Å². The fourth-order valence-electron chi connectivity index (χ4n) is 14.2. The van der Waals surface area contributed by atoms with Crippen LogP contribution >= 0.6 is 0 Å². The highest BCUT2D eigenvalue weighted by molar-refractivity contribution is 7.89. The number of fused-ring (bicyclic) bond motifs is 6. The van der Waals surface area contributed by atoms with E-state index in [0.29, 0.717) is 26.4 Å². The van der Waals surface area contributed by atoms with Gasteiger partial charge in [0.2, 0.25) is 0 Å². The smallest absolute Gasteiger partial charge is 0.331 e. The number of carboxylic acids is 1. The van der Waals surface area contributed by atoms with Gasteiger partial charge in [0.05, 0.1) is 103 Å². The zero-order chi connectivity index (χ0) is 73.9. The van der Waals surface area contributed by atoms with Crippen LogP contribution in [0.25, 0.3) is 116 Å². The Kier molecular flexibility index (Phi) is 19.0. The molecule has 0 saturated carbocycles. The normalized spacial score (nSPS) is 12.5. The number of carbonyl (C=O) groups is 1. The van der Waals surface area contributed by atoms with Crippen molar-refractivity contribution in [3.8, 4) is 50.4 Å². The highest BCUT2D eigenvalue weighted by Gasteiger charge is 2.38. The third kappa shape index (κ3) is 13.5. The van der Waals surface area contributed by atoms with Gasteiger partial charge in [-0.25, -0.2) is 26.4 Å². The zero-order valence-electron chi connectivity index (χ0n) is 59.6. The van der Waals surface area contributed by atoms with Crippen LogP contribution in [0.1, 0.15) is 72.5 Å². The van der Waals surface area contributed by atoms with Gasteiger partial charge in [0.1, 0.15) is 23.3 Å². The van der Waals surface area contributed by atoms with Gasteiger partial charge < -0.3 is 38.1 Å². The lowest BCUT2D eigenvalue weighted by atomic mass is 9.85. The predicted octanol–water partition coefficient (Wildman–Crippen LogP) is 14.1. The van der Waals surface area contributed by atoms with Gasteiger partial charge in [-0.15, -0.1) is 0 Å². The highest BCUT2D eigenvalue weighted by atomic mass is 32.2. The van der Waals surface area contributed by atoms with Gasteiger partial charge in [-0.1, -0.05) is 41.5 Å². The summed E-state index contributed by atoms with van der Waals surface area (Å²) in [6.45, 7) is 17.6. The Morgan fingerprint density at radius 2 is 0.808 bits per heavy atom. The van der Waals surface area contributed by atoms with E-state index in [1.54, 1.807) is 120 Å². The molecule has 23 nitrogen and oxygen atoms in total. The first-order chi connectivity index (χ1) is 49.5. The van der Waals surface area contributed by atoms with Crippen LogP contribution in [0, 0.1) is 17.5 Å². The topological polar surface area (TPSA) is 274 Å². The summed E-state index contributed by atoms with van der Waals surface area (Å²) in [6, 6.07) is 31.7. The molecule has 0 spiro atoms. The summed E-state index contributed by atoms with van der Waals surface area (Å²) in [5.41, 5.74) is 13.6.